The summed E-state index contributed by atoms with van der Waals surface area (Å²) in [6, 6.07) is 0.333. The highest BCUT2D eigenvalue weighted by atomic mass is 16.4. The zero-order valence-electron chi connectivity index (χ0n) is 11.6. The van der Waals surface area contributed by atoms with Crippen LogP contribution in [0.3, 0.4) is 0 Å². The van der Waals surface area contributed by atoms with E-state index in [2.05, 4.69) is 6.92 Å². The molecule has 0 unspecified atom stereocenters. The molecule has 0 saturated carbocycles. The summed E-state index contributed by atoms with van der Waals surface area (Å²) in [7, 11) is 0. The minimum atomic E-state index is -0.833. The topological polar surface area (TPSA) is 127 Å². The number of carboxylic acid groups (broad SMARTS) is 2. The van der Waals surface area contributed by atoms with Crippen molar-refractivity contribution in [3.8, 4) is 0 Å². The van der Waals surface area contributed by atoms with Crippen LogP contribution in [-0.2, 0) is 9.59 Å². The molecule has 0 amide bonds. The highest BCUT2D eigenvalue weighted by Crippen LogP contribution is 1.67. The van der Waals surface area contributed by atoms with Crippen molar-refractivity contribution in [2.75, 3.05) is 6.54 Å². The van der Waals surface area contributed by atoms with E-state index in [-0.39, 0.29) is 6.42 Å². The molecule has 0 radical (unpaired) electrons. The molecular weight excluding hydrogens is 224 g/mol. The Morgan fingerprint density at radius 2 is 1.29 bits per heavy atom. The number of aliphatic carboxylic acids is 2. The van der Waals surface area contributed by atoms with E-state index < -0.39 is 11.9 Å². The lowest BCUT2D eigenvalue weighted by atomic mass is 10.5. The molecule has 106 valence electrons. The zero-order valence-corrected chi connectivity index (χ0v) is 11.6. The van der Waals surface area contributed by atoms with E-state index >= 15 is 0 Å². The SMILES string of the molecule is CC(=O)O.CC(C)N.CCC(=O)O.CCCN. The Kier molecular flexibility index (Phi) is 35.4. The Labute approximate surface area is 104 Å². The van der Waals surface area contributed by atoms with Gasteiger partial charge in [0.2, 0.25) is 0 Å². The molecule has 6 heteroatoms. The maximum atomic E-state index is 9.37. The minimum absolute atomic E-state index is 0.222. The molecule has 0 aromatic rings. The van der Waals surface area contributed by atoms with Crippen LogP contribution >= 0.6 is 0 Å². The van der Waals surface area contributed by atoms with Crippen molar-refractivity contribution in [3.05, 3.63) is 0 Å². The number of rotatable bonds is 2. The summed E-state index contributed by atoms with van der Waals surface area (Å²) in [6.07, 6.45) is 1.32. The molecule has 0 atom stereocenters. The lowest BCUT2D eigenvalue weighted by Gasteiger charge is -1.81. The predicted octanol–water partition coefficient (Wildman–Crippen LogP) is 1.28. The van der Waals surface area contributed by atoms with Gasteiger partial charge in [-0.3, -0.25) is 9.59 Å². The van der Waals surface area contributed by atoms with Crippen molar-refractivity contribution in [3.63, 3.8) is 0 Å². The summed E-state index contributed by atoms with van der Waals surface area (Å²) in [4.78, 5) is 18.4. The van der Waals surface area contributed by atoms with Gasteiger partial charge in [0.1, 0.15) is 0 Å². The van der Waals surface area contributed by atoms with Crippen LogP contribution in [0.4, 0.5) is 0 Å². The highest BCUT2D eigenvalue weighted by molar-refractivity contribution is 5.66. The normalized spacial score (nSPS) is 7.53. The predicted molar refractivity (Wildman–Crippen MR) is 69.9 cm³/mol. The summed E-state index contributed by atoms with van der Waals surface area (Å²) >= 11 is 0. The smallest absolute Gasteiger partial charge is 0.303 e. The number of nitrogens with two attached hydrogens (primary N) is 2. The summed E-state index contributed by atoms with van der Waals surface area (Å²) in [5.74, 6) is -1.58. The third kappa shape index (κ3) is 710. The Hall–Kier alpha value is -1.14. The van der Waals surface area contributed by atoms with Gasteiger partial charge >= 0.3 is 5.97 Å². The fourth-order valence-corrected chi connectivity index (χ4v) is 0. The first-order valence-electron chi connectivity index (χ1n) is 5.52. The van der Waals surface area contributed by atoms with Gasteiger partial charge in [0, 0.05) is 13.3 Å². The molecule has 17 heavy (non-hydrogen) atoms. The van der Waals surface area contributed by atoms with Gasteiger partial charge in [0.25, 0.3) is 5.97 Å². The Balaban J connectivity index is -0.0000000667. The Bertz CT molecular complexity index is 153. The molecule has 0 aliphatic heterocycles. The largest absolute Gasteiger partial charge is 0.481 e. The summed E-state index contributed by atoms with van der Waals surface area (Å²) in [5, 5.41) is 15.1. The van der Waals surface area contributed by atoms with E-state index in [1.807, 2.05) is 13.8 Å². The van der Waals surface area contributed by atoms with Crippen LogP contribution in [0.15, 0.2) is 0 Å². The van der Waals surface area contributed by atoms with Crippen molar-refractivity contribution >= 4 is 11.9 Å². The third-order valence-electron chi connectivity index (χ3n) is 0.591. The second kappa shape index (κ2) is 24.2. The van der Waals surface area contributed by atoms with Crippen LogP contribution in [0.25, 0.3) is 0 Å². The maximum Gasteiger partial charge on any atom is 0.303 e. The van der Waals surface area contributed by atoms with Gasteiger partial charge in [-0.05, 0) is 19.0 Å². The van der Waals surface area contributed by atoms with Gasteiger partial charge in [0.05, 0.1) is 0 Å². The van der Waals surface area contributed by atoms with Crippen LogP contribution in [0.1, 0.15) is 47.5 Å². The van der Waals surface area contributed by atoms with Crippen LogP contribution in [0.5, 0.6) is 0 Å². The summed E-state index contributed by atoms with van der Waals surface area (Å²) < 4.78 is 0. The molecule has 0 aromatic carbocycles. The first-order valence-corrected chi connectivity index (χ1v) is 5.52. The Morgan fingerprint density at radius 1 is 1.18 bits per heavy atom. The Morgan fingerprint density at radius 3 is 1.29 bits per heavy atom. The lowest BCUT2D eigenvalue weighted by Crippen LogP contribution is -2.06. The minimum Gasteiger partial charge on any atom is -0.481 e. The zero-order chi connectivity index (χ0) is 14.9. The van der Waals surface area contributed by atoms with E-state index in [0.717, 1.165) is 19.9 Å². The lowest BCUT2D eigenvalue weighted by molar-refractivity contribution is -0.137. The average Bonchev–Trinajstić information content (AvgIpc) is 2.16. The molecule has 0 bridgehead atoms. The third-order valence-corrected chi connectivity index (χ3v) is 0.591. The molecule has 0 aliphatic rings. The molecule has 0 aliphatic carbocycles. The van der Waals surface area contributed by atoms with Crippen molar-refractivity contribution < 1.29 is 19.8 Å². The van der Waals surface area contributed by atoms with E-state index in [9.17, 15) is 4.79 Å². The maximum absolute atomic E-state index is 9.37. The fourth-order valence-electron chi connectivity index (χ4n) is 0. The van der Waals surface area contributed by atoms with Crippen molar-refractivity contribution in [1.82, 2.24) is 0 Å². The fraction of sp³-hybridized carbons (Fsp3) is 0.818. The number of carboxylic acids is 2. The average molecular weight is 252 g/mol. The van der Waals surface area contributed by atoms with Gasteiger partial charge < -0.3 is 21.7 Å². The van der Waals surface area contributed by atoms with Gasteiger partial charge in [-0.1, -0.05) is 27.7 Å². The van der Waals surface area contributed by atoms with E-state index in [0.29, 0.717) is 6.04 Å². The van der Waals surface area contributed by atoms with E-state index in [1.54, 1.807) is 6.92 Å². The molecular formula is C11H28N2O4. The van der Waals surface area contributed by atoms with Crippen molar-refractivity contribution in [2.45, 2.75) is 53.5 Å². The molecule has 0 heterocycles. The van der Waals surface area contributed by atoms with E-state index in [1.165, 1.54) is 0 Å². The number of carbonyl (C=O) groups is 2. The van der Waals surface area contributed by atoms with Crippen molar-refractivity contribution in [2.24, 2.45) is 11.5 Å². The molecule has 0 spiro atoms. The quantitative estimate of drug-likeness (QED) is 0.586. The van der Waals surface area contributed by atoms with Gasteiger partial charge in [-0.2, -0.15) is 0 Å². The molecule has 0 rings (SSSR count). The van der Waals surface area contributed by atoms with Crippen LogP contribution in [0.2, 0.25) is 0 Å². The molecule has 6 nitrogen and oxygen atoms in total. The standard InChI is InChI=1S/2C3H9N.C3H6O2.C2H4O2/c1-3(2)4;1-2-3-4;1-2-3(4)5;1-2(3)4/h3H,4H2,1-2H3;2-4H2,1H3;2H2,1H3,(H,4,5);1H3,(H,3,4). The van der Waals surface area contributed by atoms with Crippen molar-refractivity contribution in [1.29, 1.82) is 0 Å². The monoisotopic (exact) mass is 252 g/mol. The van der Waals surface area contributed by atoms with Crippen LogP contribution in [-0.4, -0.2) is 34.7 Å². The first kappa shape index (κ1) is 24.9. The molecule has 0 aromatic heterocycles. The number of hydrogen-bond donors (Lipinski definition) is 4. The van der Waals surface area contributed by atoms with Crippen LogP contribution < -0.4 is 11.5 Å². The van der Waals surface area contributed by atoms with Gasteiger partial charge in [0.15, 0.2) is 0 Å². The summed E-state index contributed by atoms with van der Waals surface area (Å²) in [5.41, 5.74) is 10.1. The van der Waals surface area contributed by atoms with Gasteiger partial charge in [-0.25, -0.2) is 0 Å². The van der Waals surface area contributed by atoms with Crippen LogP contribution in [0, 0.1) is 0 Å². The summed E-state index contributed by atoms with van der Waals surface area (Å²) in [6.45, 7) is 9.45. The second-order valence-corrected chi connectivity index (χ2v) is 3.30. The molecule has 0 saturated heterocycles. The highest BCUT2D eigenvalue weighted by Gasteiger charge is 1.80. The number of hydrogen-bond acceptors (Lipinski definition) is 4. The second-order valence-electron chi connectivity index (χ2n) is 3.30. The first-order chi connectivity index (χ1) is 7.65. The van der Waals surface area contributed by atoms with E-state index in [4.69, 9.17) is 26.5 Å². The molecule has 0 fully saturated rings. The molecule has 6 N–H and O–H groups in total. The van der Waals surface area contributed by atoms with Gasteiger partial charge in [-0.15, -0.1) is 0 Å².